The van der Waals surface area contributed by atoms with Crippen LogP contribution in [0.5, 0.6) is 0 Å². The monoisotopic (exact) mass is 281 g/mol. The minimum Gasteiger partial charge on any atom is -0.236 e. The highest BCUT2D eigenvalue weighted by atomic mass is 32.1. The maximum absolute atomic E-state index is 4.74. The predicted molar refractivity (Wildman–Crippen MR) is 88.2 cm³/mol. The van der Waals surface area contributed by atoms with E-state index >= 15 is 0 Å². The first-order valence-electron chi connectivity index (χ1n) is 6.96. The third-order valence-corrected chi connectivity index (χ3v) is 4.28. The fourth-order valence-corrected chi connectivity index (χ4v) is 3.43. The molecular formula is C18H19NS. The van der Waals surface area contributed by atoms with E-state index in [1.165, 1.54) is 15.8 Å². The van der Waals surface area contributed by atoms with Gasteiger partial charge in [0, 0.05) is 5.56 Å². The van der Waals surface area contributed by atoms with E-state index in [1.807, 2.05) is 6.07 Å². The zero-order valence-electron chi connectivity index (χ0n) is 12.2. The third-order valence-electron chi connectivity index (χ3n) is 3.21. The van der Waals surface area contributed by atoms with Crippen molar-refractivity contribution in [1.82, 2.24) is 4.98 Å². The number of thiazole rings is 1. The molecule has 0 bridgehead atoms. The minimum atomic E-state index is 0.320. The van der Waals surface area contributed by atoms with Crippen molar-refractivity contribution in [3.63, 3.8) is 0 Å². The summed E-state index contributed by atoms with van der Waals surface area (Å²) < 4.78 is 1.28. The lowest BCUT2D eigenvalue weighted by Crippen LogP contribution is -2.08. The predicted octanol–water partition coefficient (Wildman–Crippen LogP) is 5.55. The van der Waals surface area contributed by atoms with Crippen LogP contribution in [0.15, 0.2) is 48.5 Å². The van der Waals surface area contributed by atoms with Crippen molar-refractivity contribution in [1.29, 1.82) is 0 Å². The Balaban J connectivity index is 2.00. The van der Waals surface area contributed by atoms with Crippen LogP contribution in [0.4, 0.5) is 0 Å². The molecule has 0 saturated carbocycles. The van der Waals surface area contributed by atoms with Gasteiger partial charge in [0.25, 0.3) is 0 Å². The minimum absolute atomic E-state index is 0.320. The van der Waals surface area contributed by atoms with E-state index in [9.17, 15) is 0 Å². The Hall–Kier alpha value is -1.67. The van der Waals surface area contributed by atoms with Crippen LogP contribution >= 0.6 is 11.3 Å². The average molecular weight is 281 g/mol. The van der Waals surface area contributed by atoms with E-state index in [-0.39, 0.29) is 0 Å². The Morgan fingerprint density at radius 3 is 2.45 bits per heavy atom. The summed E-state index contributed by atoms with van der Waals surface area (Å²) in [7, 11) is 0. The molecule has 0 aliphatic heterocycles. The molecule has 1 nitrogen and oxygen atoms in total. The summed E-state index contributed by atoms with van der Waals surface area (Å²) in [6.07, 6.45) is 1.10. The topological polar surface area (TPSA) is 12.9 Å². The lowest BCUT2D eigenvalue weighted by molar-refractivity contribution is 0.411. The largest absolute Gasteiger partial charge is 0.236 e. The van der Waals surface area contributed by atoms with E-state index < -0.39 is 0 Å². The normalized spacial score (nSPS) is 11.9. The Labute approximate surface area is 124 Å². The Bertz CT molecular complexity index is 720. The third kappa shape index (κ3) is 2.91. The number of nitrogens with zero attached hydrogens (tertiary/aromatic N) is 1. The molecule has 1 aromatic heterocycles. The van der Waals surface area contributed by atoms with Gasteiger partial charge in [0.1, 0.15) is 5.01 Å². The SMILES string of the molecule is CC(C)(C)Cc1ccc2nc(-c3ccccc3)sc2c1. The number of fused-ring (bicyclic) bond motifs is 1. The number of benzene rings is 2. The molecule has 2 aromatic carbocycles. The van der Waals surface area contributed by atoms with Crippen molar-refractivity contribution in [2.45, 2.75) is 27.2 Å². The van der Waals surface area contributed by atoms with Crippen LogP contribution in [-0.2, 0) is 6.42 Å². The second-order valence-electron chi connectivity index (χ2n) is 6.42. The number of hydrogen-bond acceptors (Lipinski definition) is 2. The highest BCUT2D eigenvalue weighted by Crippen LogP contribution is 2.31. The molecule has 0 radical (unpaired) electrons. The van der Waals surface area contributed by atoms with Gasteiger partial charge in [-0.2, -0.15) is 0 Å². The van der Waals surface area contributed by atoms with Gasteiger partial charge in [-0.15, -0.1) is 11.3 Å². The van der Waals surface area contributed by atoms with E-state index in [0.29, 0.717) is 5.41 Å². The number of rotatable bonds is 2. The molecule has 0 atom stereocenters. The van der Waals surface area contributed by atoms with Crippen molar-refractivity contribution in [2.24, 2.45) is 5.41 Å². The van der Waals surface area contributed by atoms with Crippen LogP contribution in [0.3, 0.4) is 0 Å². The quantitative estimate of drug-likeness (QED) is 0.600. The maximum Gasteiger partial charge on any atom is 0.124 e. The van der Waals surface area contributed by atoms with Gasteiger partial charge in [-0.1, -0.05) is 57.2 Å². The van der Waals surface area contributed by atoms with E-state index in [0.717, 1.165) is 16.9 Å². The molecule has 0 aliphatic rings. The fourth-order valence-electron chi connectivity index (χ4n) is 2.40. The average Bonchev–Trinajstić information content (AvgIpc) is 2.81. The summed E-state index contributed by atoms with van der Waals surface area (Å²) in [6, 6.07) is 17.1. The lowest BCUT2D eigenvalue weighted by Gasteiger charge is -2.17. The van der Waals surface area contributed by atoms with Gasteiger partial charge in [0.2, 0.25) is 0 Å². The highest BCUT2D eigenvalue weighted by molar-refractivity contribution is 7.21. The first-order valence-corrected chi connectivity index (χ1v) is 7.78. The molecule has 0 saturated heterocycles. The number of aromatic nitrogens is 1. The van der Waals surface area contributed by atoms with E-state index in [2.05, 4.69) is 63.2 Å². The Morgan fingerprint density at radius 1 is 1.00 bits per heavy atom. The second kappa shape index (κ2) is 5.02. The summed E-state index contributed by atoms with van der Waals surface area (Å²) in [5.74, 6) is 0. The molecule has 0 fully saturated rings. The van der Waals surface area contributed by atoms with Crippen LogP contribution in [0, 0.1) is 5.41 Å². The van der Waals surface area contributed by atoms with Crippen molar-refractivity contribution in [3.8, 4) is 10.6 Å². The van der Waals surface area contributed by atoms with Crippen molar-refractivity contribution >= 4 is 21.6 Å². The highest BCUT2D eigenvalue weighted by Gasteiger charge is 2.13. The molecule has 3 rings (SSSR count). The van der Waals surface area contributed by atoms with Crippen molar-refractivity contribution < 1.29 is 0 Å². The van der Waals surface area contributed by atoms with E-state index in [4.69, 9.17) is 4.98 Å². The van der Waals surface area contributed by atoms with Gasteiger partial charge < -0.3 is 0 Å². The standard InChI is InChI=1S/C18H19NS/c1-18(2,3)12-13-9-10-15-16(11-13)20-17(19-15)14-7-5-4-6-8-14/h4-11H,12H2,1-3H3. The van der Waals surface area contributed by atoms with Gasteiger partial charge in [-0.05, 0) is 29.5 Å². The first kappa shape index (κ1) is 13.3. The van der Waals surface area contributed by atoms with Gasteiger partial charge >= 0.3 is 0 Å². The van der Waals surface area contributed by atoms with Crippen LogP contribution in [0.1, 0.15) is 26.3 Å². The molecule has 1 heterocycles. The molecule has 0 spiro atoms. The van der Waals surface area contributed by atoms with Gasteiger partial charge in [0.05, 0.1) is 10.2 Å². The summed E-state index contributed by atoms with van der Waals surface area (Å²) in [6.45, 7) is 6.83. The van der Waals surface area contributed by atoms with Crippen LogP contribution in [0.25, 0.3) is 20.8 Å². The molecule has 20 heavy (non-hydrogen) atoms. The Kier molecular flexibility index (Phi) is 3.35. The van der Waals surface area contributed by atoms with Crippen molar-refractivity contribution in [3.05, 3.63) is 54.1 Å². The summed E-state index contributed by atoms with van der Waals surface area (Å²) in [5, 5.41) is 1.11. The Morgan fingerprint density at radius 2 is 1.75 bits per heavy atom. The fraction of sp³-hybridized carbons (Fsp3) is 0.278. The zero-order chi connectivity index (χ0) is 14.2. The molecule has 0 amide bonds. The molecule has 2 heteroatoms. The first-order chi connectivity index (χ1) is 9.51. The summed E-state index contributed by atoms with van der Waals surface area (Å²) >= 11 is 1.78. The lowest BCUT2D eigenvalue weighted by atomic mass is 9.88. The zero-order valence-corrected chi connectivity index (χ0v) is 13.0. The molecule has 0 aliphatic carbocycles. The second-order valence-corrected chi connectivity index (χ2v) is 7.46. The summed E-state index contributed by atoms with van der Waals surface area (Å²) in [4.78, 5) is 4.74. The number of hydrogen-bond donors (Lipinski definition) is 0. The molecule has 102 valence electrons. The smallest absolute Gasteiger partial charge is 0.124 e. The van der Waals surface area contributed by atoms with Crippen molar-refractivity contribution in [2.75, 3.05) is 0 Å². The molecule has 0 N–H and O–H groups in total. The summed E-state index contributed by atoms with van der Waals surface area (Å²) in [5.41, 5.74) is 4.02. The van der Waals surface area contributed by atoms with Crippen LogP contribution < -0.4 is 0 Å². The molecular weight excluding hydrogens is 262 g/mol. The van der Waals surface area contributed by atoms with Crippen LogP contribution in [0.2, 0.25) is 0 Å². The van der Waals surface area contributed by atoms with Gasteiger partial charge in [0.15, 0.2) is 0 Å². The molecule has 0 unspecified atom stereocenters. The van der Waals surface area contributed by atoms with Crippen LogP contribution in [-0.4, -0.2) is 4.98 Å². The van der Waals surface area contributed by atoms with Gasteiger partial charge in [-0.25, -0.2) is 4.98 Å². The van der Waals surface area contributed by atoms with E-state index in [1.54, 1.807) is 11.3 Å². The van der Waals surface area contributed by atoms with Gasteiger partial charge in [-0.3, -0.25) is 0 Å². The molecule has 3 aromatic rings. The maximum atomic E-state index is 4.74.